The molecule has 2 heterocycles. The zero-order valence-electron chi connectivity index (χ0n) is 15.8. The Balaban J connectivity index is 1.31. The first kappa shape index (κ1) is 18.0. The lowest BCUT2D eigenvalue weighted by Gasteiger charge is -2.41. The highest BCUT2D eigenvalue weighted by atomic mass is 16.1. The van der Waals surface area contributed by atoms with E-state index in [-0.39, 0.29) is 5.91 Å². The van der Waals surface area contributed by atoms with E-state index in [2.05, 4.69) is 32.2 Å². The number of anilines is 2. The molecule has 2 aliphatic rings. The van der Waals surface area contributed by atoms with E-state index in [1.807, 2.05) is 12.1 Å². The minimum atomic E-state index is -0.128. The van der Waals surface area contributed by atoms with Crippen LogP contribution in [0.15, 0.2) is 48.8 Å². The fraction of sp³-hybridized carbons (Fsp3) is 0.455. The van der Waals surface area contributed by atoms with Gasteiger partial charge in [-0.15, -0.1) is 0 Å². The number of piperazine rings is 1. The van der Waals surface area contributed by atoms with Crippen molar-refractivity contribution < 1.29 is 4.79 Å². The third kappa shape index (κ3) is 4.48. The molecule has 0 radical (unpaired) electrons. The molecular weight excluding hydrogens is 336 g/mol. The summed E-state index contributed by atoms with van der Waals surface area (Å²) in [5, 5.41) is 2.93. The zero-order chi connectivity index (χ0) is 18.5. The van der Waals surface area contributed by atoms with Gasteiger partial charge in [-0.3, -0.25) is 14.7 Å². The lowest BCUT2D eigenvalue weighted by molar-refractivity contribution is 0.102. The first-order valence-corrected chi connectivity index (χ1v) is 10.1. The van der Waals surface area contributed by atoms with Crippen molar-refractivity contribution in [2.24, 2.45) is 0 Å². The number of amides is 1. The van der Waals surface area contributed by atoms with Gasteiger partial charge in [0.05, 0.1) is 5.56 Å². The summed E-state index contributed by atoms with van der Waals surface area (Å²) in [5.74, 6) is -0.128. The van der Waals surface area contributed by atoms with Crippen LogP contribution in [0.1, 0.15) is 42.5 Å². The van der Waals surface area contributed by atoms with Crippen molar-refractivity contribution in [3.05, 3.63) is 54.4 Å². The molecule has 0 spiro atoms. The van der Waals surface area contributed by atoms with Gasteiger partial charge in [0.1, 0.15) is 0 Å². The van der Waals surface area contributed by atoms with E-state index in [9.17, 15) is 4.79 Å². The van der Waals surface area contributed by atoms with E-state index < -0.39 is 0 Å². The summed E-state index contributed by atoms with van der Waals surface area (Å²) in [6.07, 6.45) is 10.2. The molecule has 0 unspecified atom stereocenters. The fourth-order valence-corrected chi connectivity index (χ4v) is 4.25. The number of rotatable bonds is 4. The summed E-state index contributed by atoms with van der Waals surface area (Å²) in [6, 6.07) is 12.5. The van der Waals surface area contributed by atoms with Gasteiger partial charge < -0.3 is 10.2 Å². The number of hydrogen-bond acceptors (Lipinski definition) is 4. The van der Waals surface area contributed by atoms with Gasteiger partial charge in [-0.25, -0.2) is 0 Å². The lowest BCUT2D eigenvalue weighted by Crippen LogP contribution is -2.50. The molecule has 2 fully saturated rings. The molecule has 1 aromatic carbocycles. The molecular formula is C22H28N4O. The Morgan fingerprint density at radius 1 is 0.963 bits per heavy atom. The highest BCUT2D eigenvalue weighted by Gasteiger charge is 2.25. The van der Waals surface area contributed by atoms with Crippen LogP contribution in [0.3, 0.4) is 0 Å². The average molecular weight is 364 g/mol. The van der Waals surface area contributed by atoms with Gasteiger partial charge >= 0.3 is 0 Å². The van der Waals surface area contributed by atoms with Crippen molar-refractivity contribution in [2.75, 3.05) is 36.4 Å². The Morgan fingerprint density at radius 3 is 2.37 bits per heavy atom. The van der Waals surface area contributed by atoms with E-state index in [0.717, 1.165) is 37.9 Å². The number of benzene rings is 1. The van der Waals surface area contributed by atoms with Crippen LogP contribution >= 0.6 is 0 Å². The van der Waals surface area contributed by atoms with Gasteiger partial charge in [0.2, 0.25) is 0 Å². The Labute approximate surface area is 161 Å². The average Bonchev–Trinajstić information content (AvgIpc) is 2.76. The van der Waals surface area contributed by atoms with Gasteiger partial charge in [0, 0.05) is 56.0 Å². The Kier molecular flexibility index (Phi) is 5.68. The summed E-state index contributed by atoms with van der Waals surface area (Å²) in [7, 11) is 0. The molecule has 0 atom stereocenters. The normalized spacial score (nSPS) is 19.0. The summed E-state index contributed by atoms with van der Waals surface area (Å²) in [5.41, 5.74) is 2.62. The number of hydrogen-bond donors (Lipinski definition) is 1. The second-order valence-electron chi connectivity index (χ2n) is 7.56. The number of aromatic nitrogens is 1. The number of carbonyl (C=O) groups is 1. The van der Waals surface area contributed by atoms with Crippen LogP contribution in [0, 0.1) is 0 Å². The Bertz CT molecular complexity index is 733. The van der Waals surface area contributed by atoms with Crippen LogP contribution in [0.5, 0.6) is 0 Å². The summed E-state index contributed by atoms with van der Waals surface area (Å²) < 4.78 is 0. The summed E-state index contributed by atoms with van der Waals surface area (Å²) in [4.78, 5) is 21.4. The molecule has 0 bridgehead atoms. The maximum absolute atomic E-state index is 12.2. The smallest absolute Gasteiger partial charge is 0.257 e. The maximum Gasteiger partial charge on any atom is 0.257 e. The Hall–Kier alpha value is -2.40. The van der Waals surface area contributed by atoms with E-state index in [4.69, 9.17) is 0 Å². The van der Waals surface area contributed by atoms with Crippen molar-refractivity contribution in [3.8, 4) is 0 Å². The van der Waals surface area contributed by atoms with E-state index in [0.29, 0.717) is 5.56 Å². The molecule has 1 aromatic heterocycles. The van der Waals surface area contributed by atoms with Crippen molar-refractivity contribution >= 4 is 17.3 Å². The third-order valence-electron chi connectivity index (χ3n) is 5.82. The molecule has 1 saturated carbocycles. The van der Waals surface area contributed by atoms with Gasteiger partial charge in [0.15, 0.2) is 0 Å². The van der Waals surface area contributed by atoms with Gasteiger partial charge in [-0.1, -0.05) is 19.3 Å². The van der Waals surface area contributed by atoms with Crippen LogP contribution in [-0.2, 0) is 0 Å². The molecule has 1 amide bonds. The summed E-state index contributed by atoms with van der Waals surface area (Å²) in [6.45, 7) is 4.48. The minimum absolute atomic E-state index is 0.128. The monoisotopic (exact) mass is 364 g/mol. The minimum Gasteiger partial charge on any atom is -0.369 e. The fourth-order valence-electron chi connectivity index (χ4n) is 4.25. The molecule has 4 rings (SSSR count). The first-order valence-electron chi connectivity index (χ1n) is 10.1. The van der Waals surface area contributed by atoms with E-state index in [1.165, 1.54) is 37.8 Å². The van der Waals surface area contributed by atoms with Crippen molar-refractivity contribution in [1.82, 2.24) is 9.88 Å². The number of pyridine rings is 1. The molecule has 1 N–H and O–H groups in total. The van der Waals surface area contributed by atoms with Gasteiger partial charge in [-0.05, 0) is 49.2 Å². The maximum atomic E-state index is 12.2. The lowest BCUT2D eigenvalue weighted by atomic mass is 9.94. The zero-order valence-corrected chi connectivity index (χ0v) is 15.8. The second kappa shape index (κ2) is 8.53. The number of nitrogens with one attached hydrogen (secondary N) is 1. The van der Waals surface area contributed by atoms with Crippen molar-refractivity contribution in [1.29, 1.82) is 0 Å². The highest BCUT2D eigenvalue weighted by molar-refractivity contribution is 6.04. The highest BCUT2D eigenvalue weighted by Crippen LogP contribution is 2.25. The number of carbonyl (C=O) groups excluding carboxylic acids is 1. The van der Waals surface area contributed by atoms with Crippen LogP contribution in [0.25, 0.3) is 0 Å². The molecule has 27 heavy (non-hydrogen) atoms. The molecule has 1 aliphatic heterocycles. The Morgan fingerprint density at radius 2 is 1.70 bits per heavy atom. The van der Waals surface area contributed by atoms with Crippen LogP contribution < -0.4 is 10.2 Å². The molecule has 142 valence electrons. The van der Waals surface area contributed by atoms with E-state index >= 15 is 0 Å². The summed E-state index contributed by atoms with van der Waals surface area (Å²) >= 11 is 0. The van der Waals surface area contributed by atoms with Crippen LogP contribution in [-0.4, -0.2) is 48.0 Å². The van der Waals surface area contributed by atoms with Crippen LogP contribution in [0.4, 0.5) is 11.4 Å². The third-order valence-corrected chi connectivity index (χ3v) is 5.82. The standard InChI is InChI=1S/C22H28N4O/c27-22(18-5-4-12-23-17-18)24-19-8-10-21(11-9-19)26-15-13-25(14-16-26)20-6-2-1-3-7-20/h4-5,8-12,17,20H,1-3,6-7,13-16H2,(H,24,27). The predicted molar refractivity (Wildman–Crippen MR) is 109 cm³/mol. The molecule has 5 heteroatoms. The molecule has 1 saturated heterocycles. The van der Waals surface area contributed by atoms with Gasteiger partial charge in [-0.2, -0.15) is 0 Å². The SMILES string of the molecule is O=C(Nc1ccc(N2CCN(C3CCCCC3)CC2)cc1)c1cccnc1. The predicted octanol–water partition coefficient (Wildman–Crippen LogP) is 3.79. The molecule has 1 aliphatic carbocycles. The van der Waals surface area contributed by atoms with Crippen LogP contribution in [0.2, 0.25) is 0 Å². The van der Waals surface area contributed by atoms with Crippen molar-refractivity contribution in [3.63, 3.8) is 0 Å². The second-order valence-corrected chi connectivity index (χ2v) is 7.56. The quantitative estimate of drug-likeness (QED) is 0.897. The molecule has 5 nitrogen and oxygen atoms in total. The first-order chi connectivity index (χ1) is 13.3. The van der Waals surface area contributed by atoms with Crippen molar-refractivity contribution in [2.45, 2.75) is 38.1 Å². The number of nitrogens with zero attached hydrogens (tertiary/aromatic N) is 3. The topological polar surface area (TPSA) is 48.5 Å². The molecule has 2 aromatic rings. The largest absolute Gasteiger partial charge is 0.369 e. The van der Waals surface area contributed by atoms with Gasteiger partial charge in [0.25, 0.3) is 5.91 Å². The van der Waals surface area contributed by atoms with E-state index in [1.54, 1.807) is 24.5 Å².